The fourth-order valence-corrected chi connectivity index (χ4v) is 2.67. The van der Waals surface area contributed by atoms with Gasteiger partial charge >= 0.3 is 24.3 Å². The molecule has 1 aliphatic rings. The summed E-state index contributed by atoms with van der Waals surface area (Å²) in [5.74, 6) is -5.49. The summed E-state index contributed by atoms with van der Waals surface area (Å²) in [6.07, 6.45) is -3.89. The fraction of sp³-hybridized carbons (Fsp3) is 0.778. The number of halogens is 4. The molecule has 2 unspecified atom stereocenters. The number of alkyl halides is 4. The summed E-state index contributed by atoms with van der Waals surface area (Å²) >= 11 is 1.16. The molecule has 0 aliphatic carbocycles. The van der Waals surface area contributed by atoms with Crippen molar-refractivity contribution in [3.05, 3.63) is 0 Å². The summed E-state index contributed by atoms with van der Waals surface area (Å²) in [6, 6.07) is -2.25. The molecule has 10 heteroatoms. The highest BCUT2D eigenvalue weighted by atomic mass is 32.2. The average Bonchev–Trinajstić information content (AvgIpc) is 2.68. The number of carbonyl (C=O) groups excluding carboxylic acids is 1. The largest absolute Gasteiger partial charge is 0.480 e. The van der Waals surface area contributed by atoms with E-state index in [1.54, 1.807) is 5.32 Å². The van der Waals surface area contributed by atoms with Crippen molar-refractivity contribution in [2.75, 3.05) is 12.3 Å². The first-order chi connectivity index (χ1) is 8.66. The highest BCUT2D eigenvalue weighted by molar-refractivity contribution is 8.00. The molecule has 0 aromatic carbocycles. The van der Waals surface area contributed by atoms with Crippen LogP contribution in [0.3, 0.4) is 0 Å². The molecule has 0 saturated carbocycles. The van der Waals surface area contributed by atoms with E-state index in [0.29, 0.717) is 0 Å². The van der Waals surface area contributed by atoms with Gasteiger partial charge in [0.15, 0.2) is 0 Å². The minimum absolute atomic E-state index is 0.120. The smallest absolute Gasteiger partial charge is 0.327 e. The zero-order valence-electron chi connectivity index (χ0n) is 9.78. The standard InChI is InChI=1S/C9H12F4N2O3S/c1-4-15(5(2-19-4)6(16)17)8(18)14-3-9(12,13)7(10)11/h4-5,7H,2-3H2,1H3,(H,14,18)(H,16,17). The highest BCUT2D eigenvalue weighted by Gasteiger charge is 2.43. The van der Waals surface area contributed by atoms with E-state index >= 15 is 0 Å². The van der Waals surface area contributed by atoms with Gasteiger partial charge in [-0.2, -0.15) is 8.78 Å². The highest BCUT2D eigenvalue weighted by Crippen LogP contribution is 2.29. The van der Waals surface area contributed by atoms with Crippen molar-refractivity contribution in [3.63, 3.8) is 0 Å². The summed E-state index contributed by atoms with van der Waals surface area (Å²) in [5.41, 5.74) is 0. The van der Waals surface area contributed by atoms with Crippen molar-refractivity contribution >= 4 is 23.8 Å². The minimum atomic E-state index is -4.34. The Balaban J connectivity index is 2.64. The number of carboxylic acid groups (broad SMARTS) is 1. The topological polar surface area (TPSA) is 69.6 Å². The third-order valence-electron chi connectivity index (χ3n) is 2.54. The van der Waals surface area contributed by atoms with Gasteiger partial charge in [-0.3, -0.25) is 4.90 Å². The second-order valence-corrected chi connectivity index (χ2v) is 5.26. The summed E-state index contributed by atoms with van der Waals surface area (Å²) in [4.78, 5) is 23.3. The maximum Gasteiger partial charge on any atom is 0.327 e. The quantitative estimate of drug-likeness (QED) is 0.771. The van der Waals surface area contributed by atoms with Crippen LogP contribution >= 0.6 is 11.8 Å². The maximum atomic E-state index is 12.6. The molecule has 1 fully saturated rings. The molecule has 2 atom stereocenters. The number of nitrogens with zero attached hydrogens (tertiary/aromatic N) is 1. The molecule has 2 amide bonds. The molecule has 0 aromatic heterocycles. The van der Waals surface area contributed by atoms with Gasteiger partial charge in [-0.25, -0.2) is 18.4 Å². The number of thioether (sulfide) groups is 1. The summed E-state index contributed by atoms with van der Waals surface area (Å²) < 4.78 is 49.1. The number of rotatable bonds is 4. The van der Waals surface area contributed by atoms with Gasteiger partial charge in [-0.15, -0.1) is 11.8 Å². The van der Waals surface area contributed by atoms with Crippen LogP contribution in [0, 0.1) is 0 Å². The number of aliphatic carboxylic acids is 1. The van der Waals surface area contributed by atoms with Gasteiger partial charge in [0.05, 0.1) is 11.9 Å². The van der Waals surface area contributed by atoms with Gasteiger partial charge in [0.2, 0.25) is 0 Å². The number of hydrogen-bond donors (Lipinski definition) is 2. The lowest BCUT2D eigenvalue weighted by Crippen LogP contribution is -2.52. The van der Waals surface area contributed by atoms with Gasteiger partial charge in [-0.05, 0) is 6.92 Å². The van der Waals surface area contributed by atoms with Gasteiger partial charge < -0.3 is 10.4 Å². The molecule has 0 radical (unpaired) electrons. The molecule has 19 heavy (non-hydrogen) atoms. The lowest BCUT2D eigenvalue weighted by Gasteiger charge is -2.26. The molecule has 1 heterocycles. The Labute approximate surface area is 110 Å². The number of urea groups is 1. The Morgan fingerprint density at radius 3 is 2.58 bits per heavy atom. The predicted molar refractivity (Wildman–Crippen MR) is 59.5 cm³/mol. The first-order valence-corrected chi connectivity index (χ1v) is 6.28. The molecule has 1 saturated heterocycles. The lowest BCUT2D eigenvalue weighted by molar-refractivity contribution is -0.141. The fourth-order valence-electron chi connectivity index (χ4n) is 1.50. The number of carboxylic acids is 1. The van der Waals surface area contributed by atoms with E-state index in [9.17, 15) is 27.2 Å². The van der Waals surface area contributed by atoms with Crippen molar-refractivity contribution in [2.24, 2.45) is 0 Å². The lowest BCUT2D eigenvalue weighted by atomic mass is 10.3. The Morgan fingerprint density at radius 1 is 1.53 bits per heavy atom. The maximum absolute atomic E-state index is 12.6. The molecule has 2 N–H and O–H groups in total. The Bertz CT molecular complexity index is 369. The van der Waals surface area contributed by atoms with Crippen LogP contribution in [0.5, 0.6) is 0 Å². The van der Waals surface area contributed by atoms with Crippen LogP contribution in [0.2, 0.25) is 0 Å². The Kier molecular flexibility index (Phi) is 4.88. The second kappa shape index (κ2) is 5.85. The summed E-state index contributed by atoms with van der Waals surface area (Å²) in [7, 11) is 0. The molecule has 0 bridgehead atoms. The molecule has 0 aromatic rings. The summed E-state index contributed by atoms with van der Waals surface area (Å²) in [5, 5.41) is 9.98. The van der Waals surface area contributed by atoms with Crippen molar-refractivity contribution in [3.8, 4) is 0 Å². The van der Waals surface area contributed by atoms with Crippen molar-refractivity contribution in [1.29, 1.82) is 0 Å². The third-order valence-corrected chi connectivity index (χ3v) is 3.75. The van der Waals surface area contributed by atoms with Crippen LogP contribution in [-0.2, 0) is 4.79 Å². The number of nitrogens with one attached hydrogen (secondary N) is 1. The zero-order chi connectivity index (χ0) is 14.8. The Morgan fingerprint density at radius 2 is 2.11 bits per heavy atom. The van der Waals surface area contributed by atoms with E-state index in [0.717, 1.165) is 16.7 Å². The summed E-state index contributed by atoms with van der Waals surface area (Å²) in [6.45, 7) is -0.0117. The number of amides is 2. The van der Waals surface area contributed by atoms with Gasteiger partial charge in [0.1, 0.15) is 6.04 Å². The van der Waals surface area contributed by atoms with Gasteiger partial charge in [0, 0.05) is 5.75 Å². The van der Waals surface area contributed by atoms with Crippen molar-refractivity contribution in [2.45, 2.75) is 30.7 Å². The zero-order valence-corrected chi connectivity index (χ0v) is 10.6. The average molecular weight is 304 g/mol. The van der Waals surface area contributed by atoms with Crippen LogP contribution in [0.15, 0.2) is 0 Å². The van der Waals surface area contributed by atoms with Crippen molar-refractivity contribution in [1.82, 2.24) is 10.2 Å². The molecule has 0 spiro atoms. The molecular formula is C9H12F4N2O3S. The first kappa shape index (κ1) is 15.9. The van der Waals surface area contributed by atoms with E-state index in [-0.39, 0.29) is 5.75 Å². The molecule has 110 valence electrons. The minimum Gasteiger partial charge on any atom is -0.480 e. The van der Waals surface area contributed by atoms with E-state index in [1.807, 2.05) is 0 Å². The second-order valence-electron chi connectivity index (χ2n) is 3.91. The van der Waals surface area contributed by atoms with E-state index in [4.69, 9.17) is 5.11 Å². The Hall–Kier alpha value is -1.19. The van der Waals surface area contributed by atoms with Gasteiger partial charge in [-0.1, -0.05) is 0 Å². The molecule has 1 rings (SSSR count). The predicted octanol–water partition coefficient (Wildman–Crippen LogP) is 1.44. The molecule has 5 nitrogen and oxygen atoms in total. The number of hydrogen-bond acceptors (Lipinski definition) is 3. The normalized spacial score (nSPS) is 23.8. The molecular weight excluding hydrogens is 292 g/mol. The molecule has 1 aliphatic heterocycles. The monoisotopic (exact) mass is 304 g/mol. The van der Waals surface area contributed by atoms with E-state index in [1.165, 1.54) is 6.92 Å². The van der Waals surface area contributed by atoms with E-state index < -0.39 is 42.3 Å². The first-order valence-electron chi connectivity index (χ1n) is 5.23. The third kappa shape index (κ3) is 3.64. The van der Waals surface area contributed by atoms with Crippen LogP contribution in [0.25, 0.3) is 0 Å². The van der Waals surface area contributed by atoms with E-state index in [2.05, 4.69) is 0 Å². The number of carbonyl (C=O) groups is 2. The SMILES string of the molecule is CC1SCC(C(=O)O)N1C(=O)NCC(F)(F)C(F)F. The van der Waals surface area contributed by atoms with Crippen LogP contribution in [0.1, 0.15) is 6.92 Å². The van der Waals surface area contributed by atoms with Crippen LogP contribution < -0.4 is 5.32 Å². The van der Waals surface area contributed by atoms with Gasteiger partial charge in [0.25, 0.3) is 0 Å². The van der Waals surface area contributed by atoms with Crippen LogP contribution in [-0.4, -0.2) is 58.1 Å². The van der Waals surface area contributed by atoms with Crippen LogP contribution in [0.4, 0.5) is 22.4 Å². The van der Waals surface area contributed by atoms with Crippen molar-refractivity contribution < 1.29 is 32.3 Å².